The molecular weight excluding hydrogens is 304 g/mol. The average molecular weight is 330 g/mol. The molecule has 1 aromatic heterocycles. The summed E-state index contributed by atoms with van der Waals surface area (Å²) in [5, 5.41) is 7.70. The Labute approximate surface area is 142 Å². The molecule has 0 radical (unpaired) electrons. The van der Waals surface area contributed by atoms with Crippen LogP contribution in [0.5, 0.6) is 0 Å². The lowest BCUT2D eigenvalue weighted by Gasteiger charge is -2.19. The van der Waals surface area contributed by atoms with Gasteiger partial charge in [0.2, 0.25) is 0 Å². The van der Waals surface area contributed by atoms with Crippen molar-refractivity contribution in [1.29, 1.82) is 0 Å². The van der Waals surface area contributed by atoms with Gasteiger partial charge in [0.25, 0.3) is 5.91 Å². The van der Waals surface area contributed by atoms with Crippen LogP contribution in [0.1, 0.15) is 59.8 Å². The number of rotatable bonds is 6. The molecule has 0 saturated heterocycles. The van der Waals surface area contributed by atoms with Crippen LogP contribution in [0.4, 0.5) is 5.00 Å². The zero-order valence-electron chi connectivity index (χ0n) is 13.9. The molecule has 23 heavy (non-hydrogen) atoms. The second-order valence-corrected chi connectivity index (χ2v) is 8.74. The number of fused-ring (bicyclic) bond motifs is 1. The van der Waals surface area contributed by atoms with Crippen LogP contribution in [0.15, 0.2) is 12.3 Å². The number of carbonyl (C=O) groups excluding carboxylic acids is 1. The van der Waals surface area contributed by atoms with Gasteiger partial charge in [-0.05, 0) is 68.3 Å². The van der Waals surface area contributed by atoms with Crippen molar-refractivity contribution in [3.8, 4) is 0 Å². The van der Waals surface area contributed by atoms with Gasteiger partial charge in [-0.3, -0.25) is 4.79 Å². The SMILES string of the molecule is C=C(Nc1sc2c(c1C(=O)NCC1CC1)CC(C)CC2)C1CC1. The van der Waals surface area contributed by atoms with Crippen LogP contribution >= 0.6 is 11.3 Å². The van der Waals surface area contributed by atoms with Gasteiger partial charge >= 0.3 is 0 Å². The van der Waals surface area contributed by atoms with E-state index in [1.807, 2.05) is 0 Å². The molecule has 0 spiro atoms. The normalized spacial score (nSPS) is 23.3. The van der Waals surface area contributed by atoms with Gasteiger partial charge in [-0.25, -0.2) is 0 Å². The van der Waals surface area contributed by atoms with Crippen LogP contribution in [-0.4, -0.2) is 12.5 Å². The number of thiophene rings is 1. The Hall–Kier alpha value is -1.29. The van der Waals surface area contributed by atoms with Gasteiger partial charge in [-0.1, -0.05) is 13.5 Å². The molecule has 2 saturated carbocycles. The van der Waals surface area contributed by atoms with Crippen LogP contribution in [0.3, 0.4) is 0 Å². The zero-order valence-corrected chi connectivity index (χ0v) is 14.7. The fraction of sp³-hybridized carbons (Fsp3) is 0.632. The van der Waals surface area contributed by atoms with Crippen LogP contribution < -0.4 is 10.6 Å². The van der Waals surface area contributed by atoms with E-state index in [1.165, 1.54) is 42.5 Å². The molecule has 2 N–H and O–H groups in total. The zero-order chi connectivity index (χ0) is 16.0. The van der Waals surface area contributed by atoms with E-state index in [0.29, 0.717) is 17.8 Å². The third-order valence-electron chi connectivity index (χ3n) is 5.33. The summed E-state index contributed by atoms with van der Waals surface area (Å²) in [6.07, 6.45) is 8.39. The van der Waals surface area contributed by atoms with E-state index >= 15 is 0 Å². The first-order valence-electron chi connectivity index (χ1n) is 9.00. The fourth-order valence-electron chi connectivity index (χ4n) is 3.41. The smallest absolute Gasteiger partial charge is 0.254 e. The molecule has 1 aromatic rings. The minimum atomic E-state index is 0.120. The van der Waals surface area contributed by atoms with Crippen molar-refractivity contribution in [2.45, 2.75) is 51.9 Å². The van der Waals surface area contributed by atoms with E-state index in [4.69, 9.17) is 0 Å². The number of hydrogen-bond acceptors (Lipinski definition) is 3. The summed E-state index contributed by atoms with van der Waals surface area (Å²) in [6.45, 7) is 7.31. The van der Waals surface area contributed by atoms with Crippen LogP contribution in [0.25, 0.3) is 0 Å². The second kappa shape index (κ2) is 5.97. The predicted octanol–water partition coefficient (Wildman–Crippen LogP) is 4.35. The molecule has 1 unspecified atom stereocenters. The summed E-state index contributed by atoms with van der Waals surface area (Å²) in [5.41, 5.74) is 3.31. The molecule has 1 heterocycles. The quantitative estimate of drug-likeness (QED) is 0.814. The number of nitrogens with one attached hydrogen (secondary N) is 2. The van der Waals surface area contributed by atoms with Crippen LogP contribution in [-0.2, 0) is 12.8 Å². The first kappa shape index (κ1) is 15.3. The maximum atomic E-state index is 12.8. The monoisotopic (exact) mass is 330 g/mol. The molecule has 3 aliphatic carbocycles. The van der Waals surface area contributed by atoms with Gasteiger partial charge < -0.3 is 10.6 Å². The minimum Gasteiger partial charge on any atom is -0.352 e. The van der Waals surface area contributed by atoms with Gasteiger partial charge in [0, 0.05) is 17.1 Å². The average Bonchev–Trinajstić information content (AvgIpc) is 3.42. The molecule has 2 fully saturated rings. The first-order chi connectivity index (χ1) is 11.1. The van der Waals surface area contributed by atoms with Crippen molar-refractivity contribution < 1.29 is 4.79 Å². The van der Waals surface area contributed by atoms with Gasteiger partial charge in [-0.15, -0.1) is 11.3 Å². The standard InChI is InChI=1S/C19H26N2OS/c1-11-3-8-16-15(9-11)17(18(22)20-10-13-4-5-13)19(23-16)21-12(2)14-6-7-14/h11,13-14,21H,2-10H2,1H3,(H,20,22). The van der Waals surface area contributed by atoms with Crippen molar-refractivity contribution in [3.05, 3.63) is 28.3 Å². The van der Waals surface area contributed by atoms with Gasteiger partial charge in [0.15, 0.2) is 0 Å². The molecule has 0 aliphatic heterocycles. The van der Waals surface area contributed by atoms with Gasteiger partial charge in [0.1, 0.15) is 5.00 Å². The van der Waals surface area contributed by atoms with Crippen molar-refractivity contribution in [1.82, 2.24) is 5.32 Å². The maximum Gasteiger partial charge on any atom is 0.254 e. The van der Waals surface area contributed by atoms with Gasteiger partial charge in [0.05, 0.1) is 5.56 Å². The molecule has 4 rings (SSSR count). The fourth-order valence-corrected chi connectivity index (χ4v) is 4.69. The number of carbonyl (C=O) groups is 1. The molecule has 0 bridgehead atoms. The predicted molar refractivity (Wildman–Crippen MR) is 96.1 cm³/mol. The Morgan fingerprint density at radius 3 is 2.74 bits per heavy atom. The lowest BCUT2D eigenvalue weighted by molar-refractivity contribution is 0.0951. The summed E-state index contributed by atoms with van der Waals surface area (Å²) in [6, 6.07) is 0. The summed E-state index contributed by atoms with van der Waals surface area (Å²) in [7, 11) is 0. The Balaban J connectivity index is 1.60. The molecule has 3 aliphatic rings. The molecule has 1 amide bonds. The highest BCUT2D eigenvalue weighted by atomic mass is 32.1. The highest BCUT2D eigenvalue weighted by Crippen LogP contribution is 2.43. The summed E-state index contributed by atoms with van der Waals surface area (Å²) >= 11 is 1.78. The van der Waals surface area contributed by atoms with E-state index in [2.05, 4.69) is 24.1 Å². The molecule has 0 aromatic carbocycles. The molecule has 4 heteroatoms. The van der Waals surface area contributed by atoms with Crippen molar-refractivity contribution in [2.24, 2.45) is 17.8 Å². The van der Waals surface area contributed by atoms with E-state index in [9.17, 15) is 4.79 Å². The van der Waals surface area contributed by atoms with Crippen molar-refractivity contribution >= 4 is 22.2 Å². The Morgan fingerprint density at radius 2 is 2.04 bits per heavy atom. The third-order valence-corrected chi connectivity index (χ3v) is 6.53. The van der Waals surface area contributed by atoms with Crippen molar-refractivity contribution in [3.63, 3.8) is 0 Å². The second-order valence-electron chi connectivity index (χ2n) is 7.63. The maximum absolute atomic E-state index is 12.8. The number of hydrogen-bond donors (Lipinski definition) is 2. The topological polar surface area (TPSA) is 41.1 Å². The van der Waals surface area contributed by atoms with E-state index in [-0.39, 0.29) is 5.91 Å². The Bertz CT molecular complexity index is 640. The summed E-state index contributed by atoms with van der Waals surface area (Å²) in [5.74, 6) is 2.11. The molecule has 1 atom stereocenters. The summed E-state index contributed by atoms with van der Waals surface area (Å²) in [4.78, 5) is 14.2. The van der Waals surface area contributed by atoms with Crippen LogP contribution in [0, 0.1) is 17.8 Å². The minimum absolute atomic E-state index is 0.120. The van der Waals surface area contributed by atoms with E-state index in [1.54, 1.807) is 11.3 Å². The molecule has 124 valence electrons. The lowest BCUT2D eigenvalue weighted by Crippen LogP contribution is -2.27. The number of anilines is 1. The number of allylic oxidation sites excluding steroid dienone is 1. The molecule has 3 nitrogen and oxygen atoms in total. The highest BCUT2D eigenvalue weighted by molar-refractivity contribution is 7.16. The van der Waals surface area contributed by atoms with E-state index in [0.717, 1.165) is 35.6 Å². The third kappa shape index (κ3) is 3.32. The number of aryl methyl sites for hydroxylation is 1. The first-order valence-corrected chi connectivity index (χ1v) is 9.82. The highest BCUT2D eigenvalue weighted by Gasteiger charge is 2.31. The molecular formula is C19H26N2OS. The Morgan fingerprint density at radius 1 is 1.26 bits per heavy atom. The van der Waals surface area contributed by atoms with E-state index < -0.39 is 0 Å². The number of amides is 1. The largest absolute Gasteiger partial charge is 0.352 e. The van der Waals surface area contributed by atoms with Crippen molar-refractivity contribution in [2.75, 3.05) is 11.9 Å². The Kier molecular flexibility index (Phi) is 3.96. The van der Waals surface area contributed by atoms with Crippen LogP contribution in [0.2, 0.25) is 0 Å². The summed E-state index contributed by atoms with van der Waals surface area (Å²) < 4.78 is 0. The lowest BCUT2D eigenvalue weighted by atomic mass is 9.87. The van der Waals surface area contributed by atoms with Gasteiger partial charge in [-0.2, -0.15) is 0 Å².